The number of aromatic nitrogens is 3. The van der Waals surface area contributed by atoms with Crippen molar-refractivity contribution in [2.24, 2.45) is 0 Å². The number of rotatable bonds is 2. The number of hydrogen-bond acceptors (Lipinski definition) is 4. The van der Waals surface area contributed by atoms with E-state index in [0.717, 1.165) is 4.40 Å². The van der Waals surface area contributed by atoms with E-state index in [0.29, 0.717) is 16.8 Å². The van der Waals surface area contributed by atoms with Crippen LogP contribution in [0.2, 0.25) is 0 Å². The number of carbonyl (C=O) groups is 1. The zero-order chi connectivity index (χ0) is 15.7. The monoisotopic (exact) mass is 296 g/mol. The van der Waals surface area contributed by atoms with Crippen molar-refractivity contribution in [1.29, 1.82) is 0 Å². The van der Waals surface area contributed by atoms with Gasteiger partial charge in [0.2, 0.25) is 0 Å². The highest BCUT2D eigenvalue weighted by Gasteiger charge is 2.12. The Morgan fingerprint density at radius 1 is 1.14 bits per heavy atom. The minimum absolute atomic E-state index is 0.0300. The molecule has 0 saturated heterocycles. The van der Waals surface area contributed by atoms with Crippen LogP contribution in [0.5, 0.6) is 0 Å². The minimum Gasteiger partial charge on any atom is -0.317 e. The lowest BCUT2D eigenvalue weighted by Crippen LogP contribution is -2.32. The summed E-state index contributed by atoms with van der Waals surface area (Å²) < 4.78 is 0.947. The maximum absolute atomic E-state index is 12.4. The molecule has 7 heteroatoms. The van der Waals surface area contributed by atoms with Crippen molar-refractivity contribution in [3.8, 4) is 0 Å². The molecule has 22 heavy (non-hydrogen) atoms. The summed E-state index contributed by atoms with van der Waals surface area (Å²) in [6.45, 7) is 1.67. The molecule has 1 amide bonds. The van der Waals surface area contributed by atoms with Gasteiger partial charge in [0.1, 0.15) is 5.69 Å². The van der Waals surface area contributed by atoms with Crippen LogP contribution < -0.4 is 16.6 Å². The lowest BCUT2D eigenvalue weighted by atomic mass is 10.2. The molecule has 3 aromatic rings. The summed E-state index contributed by atoms with van der Waals surface area (Å²) in [5.41, 5.74) is 0.105. The fourth-order valence-corrected chi connectivity index (χ4v) is 2.14. The Bertz CT molecular complexity index is 973. The number of benzene rings is 1. The molecule has 0 spiro atoms. The Morgan fingerprint density at radius 2 is 1.86 bits per heavy atom. The predicted octanol–water partition coefficient (Wildman–Crippen LogP) is 0.944. The highest BCUT2D eigenvalue weighted by molar-refractivity contribution is 6.04. The summed E-state index contributed by atoms with van der Waals surface area (Å²) in [5.74, 6) is -0.417. The summed E-state index contributed by atoms with van der Waals surface area (Å²) in [4.78, 5) is 36.3. The maximum atomic E-state index is 12.4. The molecule has 7 nitrogen and oxygen atoms in total. The van der Waals surface area contributed by atoms with Crippen molar-refractivity contribution in [2.45, 2.75) is 6.92 Å². The second kappa shape index (κ2) is 5.28. The largest absolute Gasteiger partial charge is 0.349 e. The summed E-state index contributed by atoms with van der Waals surface area (Å²) in [6, 6.07) is 11.5. The Balaban J connectivity index is 2.08. The van der Waals surface area contributed by atoms with Crippen molar-refractivity contribution in [1.82, 2.24) is 14.6 Å². The average molecular weight is 296 g/mol. The van der Waals surface area contributed by atoms with Gasteiger partial charge in [-0.2, -0.15) is 5.10 Å². The van der Waals surface area contributed by atoms with E-state index in [2.05, 4.69) is 15.5 Å². The zero-order valence-corrected chi connectivity index (χ0v) is 11.7. The second-order valence-electron chi connectivity index (χ2n) is 4.71. The van der Waals surface area contributed by atoms with Crippen LogP contribution in [-0.4, -0.2) is 20.5 Å². The Labute approximate surface area is 124 Å². The molecule has 1 aromatic carbocycles. The number of anilines is 1. The molecule has 110 valence electrons. The van der Waals surface area contributed by atoms with Gasteiger partial charge in [0, 0.05) is 5.56 Å². The molecule has 0 aliphatic rings. The smallest absolute Gasteiger partial charge is 0.317 e. The van der Waals surface area contributed by atoms with Crippen LogP contribution in [0.25, 0.3) is 5.52 Å². The first kappa shape index (κ1) is 13.7. The van der Waals surface area contributed by atoms with Gasteiger partial charge in [0.05, 0.1) is 11.2 Å². The maximum Gasteiger partial charge on any atom is 0.349 e. The van der Waals surface area contributed by atoms with Crippen molar-refractivity contribution in [2.75, 3.05) is 5.32 Å². The average Bonchev–Trinajstić information content (AvgIpc) is 2.54. The normalized spacial score (nSPS) is 10.6. The molecule has 2 N–H and O–H groups in total. The quantitative estimate of drug-likeness (QED) is 0.735. The van der Waals surface area contributed by atoms with E-state index in [1.54, 1.807) is 43.3 Å². The van der Waals surface area contributed by atoms with E-state index < -0.39 is 17.2 Å². The van der Waals surface area contributed by atoms with Crippen molar-refractivity contribution in [3.05, 3.63) is 74.6 Å². The van der Waals surface area contributed by atoms with E-state index in [1.807, 2.05) is 0 Å². The number of carbonyl (C=O) groups excluding carboxylic acids is 1. The van der Waals surface area contributed by atoms with Crippen molar-refractivity contribution in [3.63, 3.8) is 0 Å². The number of H-pyrrole nitrogens is 1. The molecule has 0 saturated carbocycles. The highest BCUT2D eigenvalue weighted by atomic mass is 16.2. The molecule has 0 fully saturated rings. The van der Waals surface area contributed by atoms with Crippen molar-refractivity contribution >= 4 is 17.1 Å². The molecule has 2 aromatic heterocycles. The van der Waals surface area contributed by atoms with Gasteiger partial charge in [-0.25, -0.2) is 14.3 Å². The topological polar surface area (TPSA) is 96.3 Å². The number of pyridine rings is 1. The summed E-state index contributed by atoms with van der Waals surface area (Å²) in [5, 5.41) is 8.56. The van der Waals surface area contributed by atoms with E-state index in [1.165, 1.54) is 6.07 Å². The number of nitrogens with zero attached hydrogens (tertiary/aromatic N) is 2. The van der Waals surface area contributed by atoms with Gasteiger partial charge >= 0.3 is 5.69 Å². The van der Waals surface area contributed by atoms with Gasteiger partial charge in [-0.1, -0.05) is 18.2 Å². The van der Waals surface area contributed by atoms with E-state index in [4.69, 9.17) is 0 Å². The molecule has 3 rings (SSSR count). The van der Waals surface area contributed by atoms with Gasteiger partial charge in [-0.15, -0.1) is 0 Å². The SMILES string of the molecule is Cc1n[nH]c(=O)n2c(=O)c(NC(=O)c3ccccc3)ccc12. The molecule has 2 heterocycles. The fraction of sp³-hybridized carbons (Fsp3) is 0.0667. The van der Waals surface area contributed by atoms with Crippen LogP contribution in [0, 0.1) is 6.92 Å². The first-order valence-corrected chi connectivity index (χ1v) is 6.55. The number of fused-ring (bicyclic) bond motifs is 1. The lowest BCUT2D eigenvalue weighted by molar-refractivity contribution is 0.102. The number of amides is 1. The number of aryl methyl sites for hydroxylation is 1. The predicted molar refractivity (Wildman–Crippen MR) is 81.2 cm³/mol. The fourth-order valence-electron chi connectivity index (χ4n) is 2.14. The van der Waals surface area contributed by atoms with Crippen LogP contribution in [0.15, 0.2) is 52.1 Å². The summed E-state index contributed by atoms with van der Waals surface area (Å²) in [7, 11) is 0. The highest BCUT2D eigenvalue weighted by Crippen LogP contribution is 2.08. The summed E-state index contributed by atoms with van der Waals surface area (Å²) >= 11 is 0. The first-order valence-electron chi connectivity index (χ1n) is 6.55. The van der Waals surface area contributed by atoms with Crippen LogP contribution in [0.1, 0.15) is 16.1 Å². The molecule has 0 atom stereocenters. The van der Waals surface area contributed by atoms with E-state index in [-0.39, 0.29) is 5.69 Å². The Morgan fingerprint density at radius 3 is 2.59 bits per heavy atom. The standard InChI is InChI=1S/C15H12N4O3/c1-9-12-8-7-11(14(21)19(12)15(22)18-17-9)16-13(20)10-5-3-2-4-6-10/h2-8H,1H3,(H,16,20)(H,18,22). The minimum atomic E-state index is -0.651. The number of aromatic amines is 1. The lowest BCUT2D eigenvalue weighted by Gasteiger charge is -2.07. The van der Waals surface area contributed by atoms with E-state index >= 15 is 0 Å². The molecule has 0 unspecified atom stereocenters. The van der Waals surface area contributed by atoms with Gasteiger partial charge in [0.25, 0.3) is 11.5 Å². The van der Waals surface area contributed by atoms with Crippen LogP contribution in [0.4, 0.5) is 5.69 Å². The molecular weight excluding hydrogens is 284 g/mol. The van der Waals surface area contributed by atoms with Crippen molar-refractivity contribution < 1.29 is 4.79 Å². The first-order chi connectivity index (χ1) is 10.6. The second-order valence-corrected chi connectivity index (χ2v) is 4.71. The summed E-state index contributed by atoms with van der Waals surface area (Å²) in [6.07, 6.45) is 0. The van der Waals surface area contributed by atoms with Crippen LogP contribution >= 0.6 is 0 Å². The molecular formula is C15H12N4O3. The third-order valence-electron chi connectivity index (χ3n) is 3.26. The van der Waals surface area contributed by atoms with Crippen LogP contribution in [-0.2, 0) is 0 Å². The Hall–Kier alpha value is -3.22. The van der Waals surface area contributed by atoms with Gasteiger partial charge in [-0.05, 0) is 31.2 Å². The zero-order valence-electron chi connectivity index (χ0n) is 11.7. The third kappa shape index (κ3) is 2.28. The van der Waals surface area contributed by atoms with E-state index in [9.17, 15) is 14.4 Å². The Kier molecular flexibility index (Phi) is 3.30. The molecule has 0 bridgehead atoms. The number of hydrogen-bond donors (Lipinski definition) is 2. The van der Waals surface area contributed by atoms with Gasteiger partial charge < -0.3 is 5.32 Å². The molecule has 0 radical (unpaired) electrons. The van der Waals surface area contributed by atoms with Crippen LogP contribution in [0.3, 0.4) is 0 Å². The third-order valence-corrected chi connectivity index (χ3v) is 3.26. The van der Waals surface area contributed by atoms with Gasteiger partial charge in [-0.3, -0.25) is 9.59 Å². The molecule has 0 aliphatic carbocycles. The number of nitrogens with one attached hydrogen (secondary N) is 2. The van der Waals surface area contributed by atoms with Gasteiger partial charge in [0.15, 0.2) is 0 Å². The molecule has 0 aliphatic heterocycles.